The Balaban J connectivity index is 2.86. The smallest absolute Gasteiger partial charge is 0.449 e. The molecule has 2 rings (SSSR count). The van der Waals surface area contributed by atoms with Gasteiger partial charge in [0.15, 0.2) is 17.1 Å². The Labute approximate surface area is 134 Å². The van der Waals surface area contributed by atoms with Gasteiger partial charge in [0, 0.05) is 0 Å². The molecule has 0 unspecified atom stereocenters. The van der Waals surface area contributed by atoms with Gasteiger partial charge in [-0.2, -0.15) is 27.1 Å². The van der Waals surface area contributed by atoms with Gasteiger partial charge in [0.2, 0.25) is 0 Å². The highest BCUT2D eigenvalue weighted by molar-refractivity contribution is 5.63. The van der Waals surface area contributed by atoms with Crippen LogP contribution in [0.1, 0.15) is 17.8 Å². The van der Waals surface area contributed by atoms with Crippen molar-refractivity contribution in [2.45, 2.75) is 18.5 Å². The molecule has 0 radical (unpaired) electrons. The average molecular weight is 372 g/mol. The molecule has 1 aromatic heterocycles. The lowest BCUT2D eigenvalue weighted by atomic mass is 10.1. The number of alkyl halides is 7. The van der Waals surface area contributed by atoms with E-state index < -0.39 is 47.5 Å². The Morgan fingerprint density at radius 1 is 1.12 bits per heavy atom. The Kier molecular flexibility index (Phi) is 4.64. The summed E-state index contributed by atoms with van der Waals surface area (Å²) in [4.78, 5) is 10.6. The van der Waals surface area contributed by atoms with Crippen molar-refractivity contribution in [3.05, 3.63) is 41.7 Å². The molecule has 1 heterocycles. The number of carboxylic acid groups (broad SMARTS) is 1. The minimum Gasteiger partial charge on any atom is -0.449 e. The van der Waals surface area contributed by atoms with Crippen LogP contribution in [0.4, 0.5) is 35.5 Å². The summed E-state index contributed by atoms with van der Waals surface area (Å²) in [5, 5.41) is 11.5. The molecule has 0 aliphatic carbocycles. The second-order valence-corrected chi connectivity index (χ2v) is 4.55. The number of hydrogen-bond acceptors (Lipinski definition) is 3. The number of benzene rings is 1. The van der Waals surface area contributed by atoms with Gasteiger partial charge < -0.3 is 9.84 Å². The molecule has 0 saturated carbocycles. The van der Waals surface area contributed by atoms with Gasteiger partial charge in [-0.1, -0.05) is 18.2 Å². The van der Waals surface area contributed by atoms with E-state index in [0.29, 0.717) is 0 Å². The van der Waals surface area contributed by atoms with Crippen LogP contribution in [-0.4, -0.2) is 27.2 Å². The first-order chi connectivity index (χ1) is 11.5. The van der Waals surface area contributed by atoms with E-state index in [9.17, 15) is 35.5 Å². The van der Waals surface area contributed by atoms with Crippen LogP contribution >= 0.6 is 0 Å². The van der Waals surface area contributed by atoms with Crippen molar-refractivity contribution in [1.82, 2.24) is 9.78 Å². The summed E-state index contributed by atoms with van der Waals surface area (Å²) in [6.07, 6.45) is -12.2. The number of ether oxygens (including phenoxy) is 1. The summed E-state index contributed by atoms with van der Waals surface area (Å²) >= 11 is 0. The van der Waals surface area contributed by atoms with E-state index in [1.54, 1.807) is 0 Å². The molecule has 0 fully saturated rings. The molecule has 0 aliphatic rings. The van der Waals surface area contributed by atoms with Crippen LogP contribution in [0.2, 0.25) is 0 Å². The molecule has 12 heteroatoms. The number of carbonyl (C=O) groups is 1. The lowest BCUT2D eigenvalue weighted by molar-refractivity contribution is -0.292. The first kappa shape index (κ1) is 18.5. The molecule has 0 bridgehead atoms. The fourth-order valence-electron chi connectivity index (χ4n) is 1.92. The minimum atomic E-state index is -6.21. The van der Waals surface area contributed by atoms with Crippen LogP contribution in [-0.2, 0) is 5.92 Å². The fraction of sp³-hybridized carbons (Fsp3) is 0.231. The van der Waals surface area contributed by atoms with E-state index >= 15 is 0 Å². The molecular weight excluding hydrogens is 365 g/mol. The Morgan fingerprint density at radius 2 is 1.68 bits per heavy atom. The summed E-state index contributed by atoms with van der Waals surface area (Å²) in [5.41, 5.74) is -4.25. The number of nitrogens with zero attached hydrogens (tertiary/aromatic N) is 2. The van der Waals surface area contributed by atoms with Gasteiger partial charge in [-0.3, -0.25) is 0 Å². The third-order valence-electron chi connectivity index (χ3n) is 2.92. The summed E-state index contributed by atoms with van der Waals surface area (Å²) in [7, 11) is 0. The van der Waals surface area contributed by atoms with E-state index in [0.717, 1.165) is 12.1 Å². The maximum Gasteiger partial charge on any atom is 0.511 e. The van der Waals surface area contributed by atoms with Gasteiger partial charge in [0.25, 0.3) is 6.43 Å². The molecule has 0 amide bonds. The van der Waals surface area contributed by atoms with Crippen molar-refractivity contribution in [3.8, 4) is 11.4 Å². The third-order valence-corrected chi connectivity index (χ3v) is 2.92. The number of halogens is 7. The summed E-state index contributed by atoms with van der Waals surface area (Å²) in [5.74, 6) is -7.58. The Morgan fingerprint density at radius 3 is 2.12 bits per heavy atom. The zero-order valence-electron chi connectivity index (χ0n) is 11.8. The monoisotopic (exact) mass is 372 g/mol. The van der Waals surface area contributed by atoms with Crippen LogP contribution in [0.25, 0.3) is 5.69 Å². The fourth-order valence-corrected chi connectivity index (χ4v) is 1.92. The normalized spacial score (nSPS) is 12.5. The van der Waals surface area contributed by atoms with E-state index in [-0.39, 0.29) is 4.68 Å². The van der Waals surface area contributed by atoms with Crippen molar-refractivity contribution < 1.29 is 45.4 Å². The maximum atomic E-state index is 13.9. The molecule has 136 valence electrons. The average Bonchev–Trinajstić information content (AvgIpc) is 2.86. The lowest BCUT2D eigenvalue weighted by Gasteiger charge is -2.21. The maximum absolute atomic E-state index is 13.9. The standard InChI is InChI=1S/C13H7F7N2O3/c14-10(15)7-8(25-11(23)24)9(12(16,17)13(18,19)20)22(21-7)6-4-2-1-3-5-6/h1-5,10H,(H,23,24). The molecule has 0 atom stereocenters. The first-order valence-corrected chi connectivity index (χ1v) is 6.29. The van der Waals surface area contributed by atoms with E-state index in [1.807, 2.05) is 0 Å². The highest BCUT2D eigenvalue weighted by atomic mass is 19.4. The molecule has 1 N–H and O–H groups in total. The van der Waals surface area contributed by atoms with Gasteiger partial charge in [-0.15, -0.1) is 0 Å². The van der Waals surface area contributed by atoms with E-state index in [2.05, 4.69) is 9.84 Å². The summed E-state index contributed by atoms with van der Waals surface area (Å²) in [6.45, 7) is 0. The van der Waals surface area contributed by atoms with Crippen LogP contribution < -0.4 is 4.74 Å². The predicted molar refractivity (Wildman–Crippen MR) is 67.1 cm³/mol. The van der Waals surface area contributed by atoms with E-state index in [4.69, 9.17) is 5.11 Å². The van der Waals surface area contributed by atoms with Gasteiger partial charge in [0.05, 0.1) is 5.69 Å². The molecule has 0 saturated heterocycles. The largest absolute Gasteiger partial charge is 0.511 e. The van der Waals surface area contributed by atoms with Crippen LogP contribution in [0.15, 0.2) is 30.3 Å². The van der Waals surface area contributed by atoms with Gasteiger partial charge in [0.1, 0.15) is 0 Å². The van der Waals surface area contributed by atoms with Gasteiger partial charge >= 0.3 is 18.3 Å². The molecule has 5 nitrogen and oxygen atoms in total. The molecule has 25 heavy (non-hydrogen) atoms. The van der Waals surface area contributed by atoms with Crippen molar-refractivity contribution in [2.24, 2.45) is 0 Å². The molecule has 0 spiro atoms. The Hall–Kier alpha value is -2.79. The number of rotatable bonds is 4. The van der Waals surface area contributed by atoms with Crippen molar-refractivity contribution in [1.29, 1.82) is 0 Å². The zero-order chi connectivity index (χ0) is 19.0. The summed E-state index contributed by atoms with van der Waals surface area (Å²) in [6, 6.07) is 5.88. The predicted octanol–water partition coefficient (Wildman–Crippen LogP) is 4.52. The minimum absolute atomic E-state index is 0.118. The summed E-state index contributed by atoms with van der Waals surface area (Å²) < 4.78 is 95.7. The number of aromatic nitrogens is 2. The highest BCUT2D eigenvalue weighted by Crippen LogP contribution is 2.50. The third kappa shape index (κ3) is 3.37. The molecular formula is C13H7F7N2O3. The quantitative estimate of drug-likeness (QED) is 0.633. The Bertz CT molecular complexity index is 772. The second kappa shape index (κ2) is 6.26. The van der Waals surface area contributed by atoms with Crippen molar-refractivity contribution in [2.75, 3.05) is 0 Å². The molecule has 0 aliphatic heterocycles. The zero-order valence-corrected chi connectivity index (χ0v) is 11.8. The van der Waals surface area contributed by atoms with Crippen LogP contribution in [0.5, 0.6) is 5.75 Å². The van der Waals surface area contributed by atoms with Crippen LogP contribution in [0, 0.1) is 0 Å². The lowest BCUT2D eigenvalue weighted by Crippen LogP contribution is -2.36. The number of para-hydroxylation sites is 1. The van der Waals surface area contributed by atoms with E-state index in [1.165, 1.54) is 18.2 Å². The highest BCUT2D eigenvalue weighted by Gasteiger charge is 2.63. The molecule has 2 aromatic rings. The SMILES string of the molecule is O=C(O)Oc1c(C(F)F)nn(-c2ccccc2)c1C(F)(F)C(F)(F)F. The first-order valence-electron chi connectivity index (χ1n) is 6.29. The second-order valence-electron chi connectivity index (χ2n) is 4.55. The van der Waals surface area contributed by atoms with Crippen molar-refractivity contribution in [3.63, 3.8) is 0 Å². The van der Waals surface area contributed by atoms with Gasteiger partial charge in [-0.25, -0.2) is 18.3 Å². The van der Waals surface area contributed by atoms with Crippen LogP contribution in [0.3, 0.4) is 0 Å². The molecule has 1 aromatic carbocycles. The number of hydrogen-bond donors (Lipinski definition) is 1. The van der Waals surface area contributed by atoms with Gasteiger partial charge in [-0.05, 0) is 12.1 Å². The topological polar surface area (TPSA) is 64.3 Å². The van der Waals surface area contributed by atoms with Crippen molar-refractivity contribution >= 4 is 6.16 Å².